The van der Waals surface area contributed by atoms with Gasteiger partial charge in [0.25, 0.3) is 0 Å². The molecule has 17 heavy (non-hydrogen) atoms. The van der Waals surface area contributed by atoms with E-state index < -0.39 is 0 Å². The topological polar surface area (TPSA) is 50.7 Å². The SMILES string of the molecule is Cc1csc(CNc2nc(C(C)(C)C)ns2)n1. The number of aromatic nitrogens is 3. The molecular weight excluding hydrogens is 252 g/mol. The molecule has 0 amide bonds. The lowest BCUT2D eigenvalue weighted by molar-refractivity contribution is 0.555. The summed E-state index contributed by atoms with van der Waals surface area (Å²) in [5.41, 5.74) is 1.08. The van der Waals surface area contributed by atoms with Crippen molar-refractivity contribution >= 4 is 28.0 Å². The molecule has 0 aromatic carbocycles. The van der Waals surface area contributed by atoms with Crippen molar-refractivity contribution in [2.24, 2.45) is 0 Å². The van der Waals surface area contributed by atoms with Gasteiger partial charge in [0.1, 0.15) is 10.8 Å². The highest BCUT2D eigenvalue weighted by atomic mass is 32.1. The molecule has 92 valence electrons. The number of nitrogens with zero attached hydrogens (tertiary/aromatic N) is 3. The van der Waals surface area contributed by atoms with E-state index in [0.717, 1.165) is 28.2 Å². The third kappa shape index (κ3) is 3.23. The van der Waals surface area contributed by atoms with Crippen LogP contribution in [0.15, 0.2) is 5.38 Å². The first kappa shape index (κ1) is 12.4. The molecule has 2 aromatic rings. The molecule has 0 radical (unpaired) electrons. The van der Waals surface area contributed by atoms with Crippen LogP contribution in [0.5, 0.6) is 0 Å². The van der Waals surface area contributed by atoms with Gasteiger partial charge in [0.2, 0.25) is 5.13 Å². The predicted molar refractivity (Wildman–Crippen MR) is 72.8 cm³/mol. The zero-order valence-corrected chi connectivity index (χ0v) is 12.1. The lowest BCUT2D eigenvalue weighted by atomic mass is 9.96. The van der Waals surface area contributed by atoms with Crippen molar-refractivity contribution in [1.29, 1.82) is 0 Å². The molecule has 0 unspecified atom stereocenters. The number of hydrogen-bond acceptors (Lipinski definition) is 6. The minimum absolute atomic E-state index is 0.00813. The molecule has 0 saturated carbocycles. The molecule has 0 atom stereocenters. The van der Waals surface area contributed by atoms with Gasteiger partial charge < -0.3 is 5.32 Å². The second kappa shape index (κ2) is 4.70. The van der Waals surface area contributed by atoms with Crippen LogP contribution >= 0.6 is 22.9 Å². The highest BCUT2D eigenvalue weighted by Crippen LogP contribution is 2.23. The lowest BCUT2D eigenvalue weighted by Gasteiger charge is -2.12. The van der Waals surface area contributed by atoms with Crippen LogP contribution in [-0.4, -0.2) is 14.3 Å². The van der Waals surface area contributed by atoms with Crippen molar-refractivity contribution in [3.63, 3.8) is 0 Å². The molecule has 0 fully saturated rings. The molecule has 0 aliphatic rings. The zero-order valence-electron chi connectivity index (χ0n) is 10.4. The van der Waals surface area contributed by atoms with E-state index >= 15 is 0 Å². The summed E-state index contributed by atoms with van der Waals surface area (Å²) in [6, 6.07) is 0. The van der Waals surface area contributed by atoms with Crippen molar-refractivity contribution in [3.8, 4) is 0 Å². The van der Waals surface area contributed by atoms with E-state index in [1.807, 2.05) is 6.92 Å². The molecule has 2 aromatic heterocycles. The standard InChI is InChI=1S/C11H16N4S2/c1-7-6-16-8(13-7)5-12-10-14-9(15-17-10)11(2,3)4/h6H,5H2,1-4H3,(H,12,14,15). The Morgan fingerprint density at radius 1 is 1.29 bits per heavy atom. The molecule has 2 heterocycles. The lowest BCUT2D eigenvalue weighted by Crippen LogP contribution is -2.13. The summed E-state index contributed by atoms with van der Waals surface area (Å²) in [5.74, 6) is 0.889. The van der Waals surface area contributed by atoms with Gasteiger partial charge in [0.05, 0.1) is 6.54 Å². The Bertz CT molecular complexity index is 496. The minimum atomic E-state index is 0.00813. The molecule has 0 aliphatic carbocycles. The first-order chi connectivity index (χ1) is 7.95. The van der Waals surface area contributed by atoms with Gasteiger partial charge in [-0.05, 0) is 6.92 Å². The van der Waals surface area contributed by atoms with Crippen molar-refractivity contribution < 1.29 is 0 Å². The molecule has 6 heteroatoms. The van der Waals surface area contributed by atoms with E-state index in [1.165, 1.54) is 11.5 Å². The minimum Gasteiger partial charge on any atom is -0.354 e. The Balaban J connectivity index is 1.98. The van der Waals surface area contributed by atoms with Gasteiger partial charge in [0.15, 0.2) is 0 Å². The van der Waals surface area contributed by atoms with E-state index in [0.29, 0.717) is 0 Å². The van der Waals surface area contributed by atoms with Gasteiger partial charge in [-0.1, -0.05) is 20.8 Å². The molecular formula is C11H16N4S2. The van der Waals surface area contributed by atoms with Crippen LogP contribution < -0.4 is 5.32 Å². The summed E-state index contributed by atoms with van der Waals surface area (Å²) in [6.45, 7) is 9.06. The van der Waals surface area contributed by atoms with Crippen LogP contribution in [0.2, 0.25) is 0 Å². The van der Waals surface area contributed by atoms with Crippen LogP contribution in [0.4, 0.5) is 5.13 Å². The molecule has 0 aliphatic heterocycles. The van der Waals surface area contributed by atoms with Gasteiger partial charge in [-0.2, -0.15) is 4.37 Å². The maximum Gasteiger partial charge on any atom is 0.202 e. The number of thiazole rings is 1. The number of hydrogen-bond donors (Lipinski definition) is 1. The Labute approximate surface area is 109 Å². The average Bonchev–Trinajstić information content (AvgIpc) is 2.82. The Hall–Kier alpha value is -1.01. The summed E-state index contributed by atoms with van der Waals surface area (Å²) in [6.07, 6.45) is 0. The van der Waals surface area contributed by atoms with Gasteiger partial charge >= 0.3 is 0 Å². The van der Waals surface area contributed by atoms with Crippen molar-refractivity contribution in [1.82, 2.24) is 14.3 Å². The molecule has 1 N–H and O–H groups in total. The molecule has 0 bridgehead atoms. The van der Waals surface area contributed by atoms with Crippen molar-refractivity contribution in [2.45, 2.75) is 39.7 Å². The zero-order chi connectivity index (χ0) is 12.5. The van der Waals surface area contributed by atoms with Crippen molar-refractivity contribution in [3.05, 3.63) is 21.9 Å². The quantitative estimate of drug-likeness (QED) is 0.928. The van der Waals surface area contributed by atoms with E-state index in [9.17, 15) is 0 Å². The predicted octanol–water partition coefficient (Wildman–Crippen LogP) is 3.21. The Kier molecular flexibility index (Phi) is 3.44. The summed E-state index contributed by atoms with van der Waals surface area (Å²) < 4.78 is 4.36. The van der Waals surface area contributed by atoms with Crippen LogP contribution in [0.3, 0.4) is 0 Å². The third-order valence-electron chi connectivity index (χ3n) is 2.15. The monoisotopic (exact) mass is 268 g/mol. The summed E-state index contributed by atoms with van der Waals surface area (Å²) in [7, 11) is 0. The summed E-state index contributed by atoms with van der Waals surface area (Å²) >= 11 is 3.07. The van der Waals surface area contributed by atoms with E-state index in [-0.39, 0.29) is 5.41 Å². The fourth-order valence-corrected chi connectivity index (χ4v) is 2.70. The van der Waals surface area contributed by atoms with Crippen LogP contribution in [0, 0.1) is 6.92 Å². The van der Waals surface area contributed by atoms with Gasteiger partial charge in [-0.15, -0.1) is 11.3 Å². The largest absolute Gasteiger partial charge is 0.354 e. The maximum atomic E-state index is 4.48. The number of nitrogens with one attached hydrogen (secondary N) is 1. The molecule has 0 spiro atoms. The second-order valence-electron chi connectivity index (χ2n) is 4.91. The molecule has 4 nitrogen and oxygen atoms in total. The van der Waals surface area contributed by atoms with Gasteiger partial charge in [-0.25, -0.2) is 9.97 Å². The van der Waals surface area contributed by atoms with E-state index in [2.05, 4.69) is 45.8 Å². The number of rotatable bonds is 3. The second-order valence-corrected chi connectivity index (χ2v) is 6.60. The number of anilines is 1. The average molecular weight is 268 g/mol. The van der Waals surface area contributed by atoms with Gasteiger partial charge in [0, 0.05) is 28.0 Å². The smallest absolute Gasteiger partial charge is 0.202 e. The summed E-state index contributed by atoms with van der Waals surface area (Å²) in [5, 5.41) is 7.26. The number of aryl methyl sites for hydroxylation is 1. The van der Waals surface area contributed by atoms with E-state index in [1.54, 1.807) is 11.3 Å². The van der Waals surface area contributed by atoms with Gasteiger partial charge in [-0.3, -0.25) is 0 Å². The van der Waals surface area contributed by atoms with Crippen molar-refractivity contribution in [2.75, 3.05) is 5.32 Å². The third-order valence-corrected chi connectivity index (χ3v) is 3.79. The fraction of sp³-hybridized carbons (Fsp3) is 0.545. The first-order valence-electron chi connectivity index (χ1n) is 5.44. The Morgan fingerprint density at radius 2 is 2.06 bits per heavy atom. The highest BCUT2D eigenvalue weighted by molar-refractivity contribution is 7.10. The van der Waals surface area contributed by atoms with Crippen LogP contribution in [-0.2, 0) is 12.0 Å². The first-order valence-corrected chi connectivity index (χ1v) is 7.09. The highest BCUT2D eigenvalue weighted by Gasteiger charge is 2.19. The van der Waals surface area contributed by atoms with Crippen LogP contribution in [0.1, 0.15) is 37.3 Å². The summed E-state index contributed by atoms with van der Waals surface area (Å²) in [4.78, 5) is 8.87. The molecule has 0 saturated heterocycles. The molecule has 2 rings (SSSR count). The Morgan fingerprint density at radius 3 is 2.59 bits per heavy atom. The van der Waals surface area contributed by atoms with E-state index in [4.69, 9.17) is 0 Å². The fourth-order valence-electron chi connectivity index (χ4n) is 1.24. The normalized spacial score (nSPS) is 11.8. The van der Waals surface area contributed by atoms with Crippen LogP contribution in [0.25, 0.3) is 0 Å². The maximum absolute atomic E-state index is 4.48.